The van der Waals surface area contributed by atoms with Gasteiger partial charge in [0.1, 0.15) is 0 Å². The lowest BCUT2D eigenvalue weighted by Gasteiger charge is -2.17. The van der Waals surface area contributed by atoms with Crippen LogP contribution >= 0.6 is 0 Å². The maximum atomic E-state index is 12.2. The highest BCUT2D eigenvalue weighted by Crippen LogP contribution is 2.25. The van der Waals surface area contributed by atoms with Gasteiger partial charge in [-0.1, -0.05) is 17.7 Å². The summed E-state index contributed by atoms with van der Waals surface area (Å²) in [7, 11) is 1.63. The van der Waals surface area contributed by atoms with E-state index in [1.54, 1.807) is 12.0 Å². The summed E-state index contributed by atoms with van der Waals surface area (Å²) in [5.74, 6) is -0.343. The Bertz CT molecular complexity index is 544. The first-order valence-electron chi connectivity index (χ1n) is 8.33. The van der Waals surface area contributed by atoms with Gasteiger partial charge < -0.3 is 19.7 Å². The smallest absolute Gasteiger partial charge is 0.227 e. The first kappa shape index (κ1) is 18.4. The molecule has 0 spiro atoms. The Morgan fingerprint density at radius 3 is 2.71 bits per heavy atom. The van der Waals surface area contributed by atoms with Gasteiger partial charge in [0, 0.05) is 38.9 Å². The minimum absolute atomic E-state index is 0.00176. The number of ether oxygens (including phenoxy) is 2. The van der Waals surface area contributed by atoms with Crippen molar-refractivity contribution in [2.45, 2.75) is 19.8 Å². The lowest BCUT2D eigenvalue weighted by molar-refractivity contribution is -0.126. The summed E-state index contributed by atoms with van der Waals surface area (Å²) in [6.45, 7) is 4.73. The fourth-order valence-electron chi connectivity index (χ4n) is 2.63. The Hall–Kier alpha value is -1.92. The van der Waals surface area contributed by atoms with Crippen LogP contribution in [0.3, 0.4) is 0 Å². The summed E-state index contributed by atoms with van der Waals surface area (Å²) in [6, 6.07) is 7.79. The van der Waals surface area contributed by atoms with Crippen molar-refractivity contribution in [1.82, 2.24) is 5.32 Å². The number of hydrogen-bond acceptors (Lipinski definition) is 4. The number of carbonyl (C=O) groups excluding carboxylic acids is 2. The van der Waals surface area contributed by atoms with Gasteiger partial charge in [-0.15, -0.1) is 0 Å². The highest BCUT2D eigenvalue weighted by atomic mass is 16.5. The quantitative estimate of drug-likeness (QED) is 0.695. The Labute approximate surface area is 143 Å². The van der Waals surface area contributed by atoms with Crippen LogP contribution in [0.5, 0.6) is 0 Å². The molecule has 1 heterocycles. The SMILES string of the molecule is COCCOCCCNC(=O)C1CC(=O)N(c2ccc(C)cc2)C1. The third-order valence-corrected chi connectivity index (χ3v) is 4.04. The van der Waals surface area contributed by atoms with Crippen LogP contribution in [0, 0.1) is 12.8 Å². The minimum atomic E-state index is -0.284. The van der Waals surface area contributed by atoms with E-state index in [0.717, 1.165) is 17.7 Å². The maximum absolute atomic E-state index is 12.2. The normalized spacial score (nSPS) is 17.3. The number of aryl methyl sites for hydroxylation is 1. The second kappa shape index (κ2) is 9.39. The molecule has 1 N–H and O–H groups in total. The first-order valence-corrected chi connectivity index (χ1v) is 8.33. The molecule has 0 bridgehead atoms. The first-order chi connectivity index (χ1) is 11.6. The molecule has 24 heavy (non-hydrogen) atoms. The molecule has 6 heteroatoms. The van der Waals surface area contributed by atoms with Crippen molar-refractivity contribution >= 4 is 17.5 Å². The van der Waals surface area contributed by atoms with Crippen LogP contribution < -0.4 is 10.2 Å². The molecule has 1 aliphatic heterocycles. The van der Waals surface area contributed by atoms with E-state index in [2.05, 4.69) is 5.32 Å². The average Bonchev–Trinajstić information content (AvgIpc) is 2.96. The van der Waals surface area contributed by atoms with Crippen LogP contribution in [-0.2, 0) is 19.1 Å². The van der Waals surface area contributed by atoms with Gasteiger partial charge >= 0.3 is 0 Å². The molecule has 1 aromatic carbocycles. The van der Waals surface area contributed by atoms with Crippen molar-refractivity contribution in [3.05, 3.63) is 29.8 Å². The van der Waals surface area contributed by atoms with E-state index in [-0.39, 0.29) is 24.2 Å². The van der Waals surface area contributed by atoms with E-state index in [0.29, 0.717) is 32.9 Å². The van der Waals surface area contributed by atoms with Gasteiger partial charge in [0.25, 0.3) is 0 Å². The van der Waals surface area contributed by atoms with Gasteiger partial charge in [0.2, 0.25) is 11.8 Å². The number of amides is 2. The lowest BCUT2D eigenvalue weighted by Crippen LogP contribution is -2.33. The highest BCUT2D eigenvalue weighted by Gasteiger charge is 2.34. The molecule has 0 aliphatic carbocycles. The van der Waals surface area contributed by atoms with E-state index in [9.17, 15) is 9.59 Å². The van der Waals surface area contributed by atoms with Gasteiger partial charge in [-0.3, -0.25) is 9.59 Å². The Kier molecular flexibility index (Phi) is 7.21. The number of hydrogen-bond donors (Lipinski definition) is 1. The number of nitrogens with one attached hydrogen (secondary N) is 1. The predicted octanol–water partition coefficient (Wildman–Crippen LogP) is 1.52. The molecule has 0 aromatic heterocycles. The van der Waals surface area contributed by atoms with Crippen molar-refractivity contribution in [3.8, 4) is 0 Å². The Morgan fingerprint density at radius 2 is 2.00 bits per heavy atom. The molecule has 1 aromatic rings. The van der Waals surface area contributed by atoms with Crippen molar-refractivity contribution in [2.75, 3.05) is 44.9 Å². The van der Waals surface area contributed by atoms with E-state index >= 15 is 0 Å². The second-order valence-electron chi connectivity index (χ2n) is 5.99. The molecule has 2 rings (SSSR count). The zero-order valence-electron chi connectivity index (χ0n) is 14.4. The molecule has 0 radical (unpaired) electrons. The van der Waals surface area contributed by atoms with Crippen LogP contribution in [-0.4, -0.2) is 51.8 Å². The summed E-state index contributed by atoms with van der Waals surface area (Å²) in [5.41, 5.74) is 2.00. The zero-order chi connectivity index (χ0) is 17.4. The summed E-state index contributed by atoms with van der Waals surface area (Å²) in [4.78, 5) is 26.1. The fraction of sp³-hybridized carbons (Fsp3) is 0.556. The molecular weight excluding hydrogens is 308 g/mol. The molecule has 1 atom stereocenters. The van der Waals surface area contributed by atoms with Gasteiger partial charge in [-0.05, 0) is 25.5 Å². The van der Waals surface area contributed by atoms with Crippen LogP contribution in [0.15, 0.2) is 24.3 Å². The Balaban J connectivity index is 1.72. The van der Waals surface area contributed by atoms with Gasteiger partial charge in [-0.2, -0.15) is 0 Å². The molecule has 1 unspecified atom stereocenters. The van der Waals surface area contributed by atoms with Gasteiger partial charge in [0.05, 0.1) is 19.1 Å². The largest absolute Gasteiger partial charge is 0.382 e. The third kappa shape index (κ3) is 5.32. The average molecular weight is 334 g/mol. The van der Waals surface area contributed by atoms with E-state index in [1.165, 1.54) is 0 Å². The van der Waals surface area contributed by atoms with Crippen molar-refractivity contribution in [2.24, 2.45) is 5.92 Å². The van der Waals surface area contributed by atoms with Crippen molar-refractivity contribution in [1.29, 1.82) is 0 Å². The maximum Gasteiger partial charge on any atom is 0.227 e. The number of benzene rings is 1. The van der Waals surface area contributed by atoms with Crippen LogP contribution in [0.4, 0.5) is 5.69 Å². The number of anilines is 1. The van der Waals surface area contributed by atoms with Crippen LogP contribution in [0.1, 0.15) is 18.4 Å². The topological polar surface area (TPSA) is 67.9 Å². The monoisotopic (exact) mass is 334 g/mol. The molecule has 0 saturated carbocycles. The summed E-state index contributed by atoms with van der Waals surface area (Å²) >= 11 is 0. The molecule has 6 nitrogen and oxygen atoms in total. The summed E-state index contributed by atoms with van der Waals surface area (Å²) in [6.07, 6.45) is 1.02. The van der Waals surface area contributed by atoms with Crippen molar-refractivity contribution in [3.63, 3.8) is 0 Å². The van der Waals surface area contributed by atoms with E-state index < -0.39 is 0 Å². The van der Waals surface area contributed by atoms with Crippen molar-refractivity contribution < 1.29 is 19.1 Å². The third-order valence-electron chi connectivity index (χ3n) is 4.04. The minimum Gasteiger partial charge on any atom is -0.382 e. The van der Waals surface area contributed by atoms with E-state index in [4.69, 9.17) is 9.47 Å². The Morgan fingerprint density at radius 1 is 1.25 bits per heavy atom. The molecule has 2 amide bonds. The molecular formula is C18H26N2O4. The number of carbonyl (C=O) groups is 2. The van der Waals surface area contributed by atoms with Crippen LogP contribution in [0.2, 0.25) is 0 Å². The predicted molar refractivity (Wildman–Crippen MR) is 92.0 cm³/mol. The number of rotatable bonds is 9. The lowest BCUT2D eigenvalue weighted by atomic mass is 10.1. The van der Waals surface area contributed by atoms with Gasteiger partial charge in [0.15, 0.2) is 0 Å². The number of nitrogens with zero attached hydrogens (tertiary/aromatic N) is 1. The standard InChI is InChI=1S/C18H26N2O4/c1-14-4-6-16(7-5-14)20-13-15(12-17(20)21)18(22)19-8-3-9-24-11-10-23-2/h4-7,15H,3,8-13H2,1-2H3,(H,19,22). The molecule has 132 valence electrons. The zero-order valence-corrected chi connectivity index (χ0v) is 14.4. The molecule has 1 fully saturated rings. The molecule has 1 saturated heterocycles. The highest BCUT2D eigenvalue weighted by molar-refractivity contribution is 6.00. The fourth-order valence-corrected chi connectivity index (χ4v) is 2.63. The van der Waals surface area contributed by atoms with E-state index in [1.807, 2.05) is 31.2 Å². The van der Waals surface area contributed by atoms with Crippen LogP contribution in [0.25, 0.3) is 0 Å². The second-order valence-corrected chi connectivity index (χ2v) is 5.99. The molecule has 1 aliphatic rings. The number of methoxy groups -OCH3 is 1. The summed E-state index contributed by atoms with van der Waals surface area (Å²) < 4.78 is 10.2. The summed E-state index contributed by atoms with van der Waals surface area (Å²) in [5, 5.41) is 2.89. The van der Waals surface area contributed by atoms with Gasteiger partial charge in [-0.25, -0.2) is 0 Å².